The zero-order valence-electron chi connectivity index (χ0n) is 11.1. The highest BCUT2D eigenvalue weighted by molar-refractivity contribution is 7.09. The van der Waals surface area contributed by atoms with Crippen LogP contribution in [0.2, 0.25) is 5.02 Å². The van der Waals surface area contributed by atoms with Gasteiger partial charge in [0.2, 0.25) is 0 Å². The maximum atomic E-state index is 13.6. The number of aromatic nitrogens is 1. The Morgan fingerprint density at radius 3 is 2.68 bits per heavy atom. The first kappa shape index (κ1) is 14.3. The van der Waals surface area contributed by atoms with E-state index in [1.807, 2.05) is 5.38 Å². The first-order valence-electron chi connectivity index (χ1n) is 6.00. The van der Waals surface area contributed by atoms with E-state index in [2.05, 4.69) is 31.1 Å². The summed E-state index contributed by atoms with van der Waals surface area (Å²) in [6.07, 6.45) is 0. The fraction of sp³-hybridized carbons (Fsp3) is 0.357. The van der Waals surface area contributed by atoms with Gasteiger partial charge in [-0.1, -0.05) is 38.4 Å². The molecule has 1 aromatic heterocycles. The molecular formula is C14H16ClFN2S. The van der Waals surface area contributed by atoms with Gasteiger partial charge < -0.3 is 5.32 Å². The summed E-state index contributed by atoms with van der Waals surface area (Å²) in [7, 11) is 0. The number of anilines is 1. The highest BCUT2D eigenvalue weighted by Crippen LogP contribution is 2.27. The number of para-hydroxylation sites is 1. The lowest BCUT2D eigenvalue weighted by Gasteiger charge is -2.13. The topological polar surface area (TPSA) is 24.9 Å². The average Bonchev–Trinajstić information content (AvgIpc) is 2.77. The van der Waals surface area contributed by atoms with E-state index < -0.39 is 0 Å². The number of hydrogen-bond donors (Lipinski definition) is 1. The van der Waals surface area contributed by atoms with E-state index in [1.54, 1.807) is 23.5 Å². The van der Waals surface area contributed by atoms with E-state index in [9.17, 15) is 4.39 Å². The minimum atomic E-state index is -0.348. The maximum Gasteiger partial charge on any atom is 0.147 e. The summed E-state index contributed by atoms with van der Waals surface area (Å²) >= 11 is 7.58. The van der Waals surface area contributed by atoms with Crippen LogP contribution in [0, 0.1) is 5.82 Å². The first-order valence-corrected chi connectivity index (χ1v) is 7.26. The van der Waals surface area contributed by atoms with Gasteiger partial charge in [0.25, 0.3) is 0 Å². The van der Waals surface area contributed by atoms with Gasteiger partial charge in [-0.2, -0.15) is 0 Å². The molecule has 0 aliphatic heterocycles. The molecular weight excluding hydrogens is 283 g/mol. The predicted octanol–water partition coefficient (Wildman–Crippen LogP) is 4.85. The van der Waals surface area contributed by atoms with Crippen molar-refractivity contribution < 1.29 is 4.39 Å². The maximum absolute atomic E-state index is 13.6. The second-order valence-corrected chi connectivity index (χ2v) is 6.61. The van der Waals surface area contributed by atoms with Gasteiger partial charge in [-0.15, -0.1) is 11.3 Å². The quantitative estimate of drug-likeness (QED) is 0.876. The van der Waals surface area contributed by atoms with Gasteiger partial charge in [0.05, 0.1) is 28.0 Å². The molecule has 2 rings (SSSR count). The molecule has 0 atom stereocenters. The minimum absolute atomic E-state index is 0.0402. The molecule has 0 bridgehead atoms. The summed E-state index contributed by atoms with van der Waals surface area (Å²) in [5, 5.41) is 6.44. The number of nitrogens with one attached hydrogen (secondary N) is 1. The number of benzene rings is 1. The smallest absolute Gasteiger partial charge is 0.147 e. The Bertz CT molecular complexity index is 555. The average molecular weight is 299 g/mol. The lowest BCUT2D eigenvalue weighted by Crippen LogP contribution is -2.11. The zero-order chi connectivity index (χ0) is 14.0. The number of hydrogen-bond acceptors (Lipinski definition) is 3. The van der Waals surface area contributed by atoms with Crippen LogP contribution in [0.3, 0.4) is 0 Å². The molecule has 0 radical (unpaired) electrons. The number of thiazole rings is 1. The highest BCUT2D eigenvalue weighted by atomic mass is 35.5. The Morgan fingerprint density at radius 2 is 2.11 bits per heavy atom. The Balaban J connectivity index is 2.09. The van der Waals surface area contributed by atoms with Gasteiger partial charge >= 0.3 is 0 Å². The van der Waals surface area contributed by atoms with Crippen molar-refractivity contribution in [1.82, 2.24) is 4.98 Å². The fourth-order valence-corrected chi connectivity index (χ4v) is 2.72. The summed E-state index contributed by atoms with van der Waals surface area (Å²) in [5.74, 6) is -0.348. The van der Waals surface area contributed by atoms with E-state index >= 15 is 0 Å². The van der Waals surface area contributed by atoms with Crippen molar-refractivity contribution in [2.45, 2.75) is 32.7 Å². The monoisotopic (exact) mass is 298 g/mol. The number of rotatable bonds is 3. The van der Waals surface area contributed by atoms with E-state index in [1.165, 1.54) is 6.07 Å². The van der Waals surface area contributed by atoms with Gasteiger partial charge in [0, 0.05) is 10.8 Å². The lowest BCUT2D eigenvalue weighted by atomic mass is 9.98. The van der Waals surface area contributed by atoms with Gasteiger partial charge in [-0.25, -0.2) is 9.37 Å². The molecule has 0 unspecified atom stereocenters. The van der Waals surface area contributed by atoms with Gasteiger partial charge in [-0.3, -0.25) is 0 Å². The van der Waals surface area contributed by atoms with E-state index in [0.717, 1.165) is 10.7 Å². The highest BCUT2D eigenvalue weighted by Gasteiger charge is 2.18. The molecule has 0 spiro atoms. The van der Waals surface area contributed by atoms with Gasteiger partial charge in [0.15, 0.2) is 0 Å². The lowest BCUT2D eigenvalue weighted by molar-refractivity contribution is 0.583. The van der Waals surface area contributed by atoms with Crippen molar-refractivity contribution in [2.75, 3.05) is 5.32 Å². The second-order valence-electron chi connectivity index (χ2n) is 5.34. The molecule has 2 nitrogen and oxygen atoms in total. The molecule has 5 heteroatoms. The molecule has 1 heterocycles. The molecule has 102 valence electrons. The van der Waals surface area contributed by atoms with E-state index in [-0.39, 0.29) is 11.2 Å². The van der Waals surface area contributed by atoms with Crippen LogP contribution in [0.15, 0.2) is 23.6 Å². The Labute approximate surface area is 121 Å². The minimum Gasteiger partial charge on any atom is -0.376 e. The molecule has 0 saturated heterocycles. The Kier molecular flexibility index (Phi) is 4.11. The normalized spacial score (nSPS) is 11.6. The first-order chi connectivity index (χ1) is 8.88. The standard InChI is InChI=1S/C14H16ClFN2S/c1-14(2,3)13-18-9(8-19-13)7-17-12-10(15)5-4-6-11(12)16/h4-6,8,17H,7H2,1-3H3. The van der Waals surface area contributed by atoms with E-state index in [4.69, 9.17) is 11.6 Å². The Morgan fingerprint density at radius 1 is 1.37 bits per heavy atom. The van der Waals surface area contributed by atoms with Crippen molar-refractivity contribution in [3.8, 4) is 0 Å². The predicted molar refractivity (Wildman–Crippen MR) is 79.6 cm³/mol. The molecule has 0 aliphatic carbocycles. The zero-order valence-corrected chi connectivity index (χ0v) is 12.7. The molecule has 0 fully saturated rings. The third-order valence-corrected chi connectivity index (χ3v) is 4.23. The SMILES string of the molecule is CC(C)(C)c1nc(CNc2c(F)cccc2Cl)cs1. The van der Waals surface area contributed by atoms with Crippen LogP contribution in [0.1, 0.15) is 31.5 Å². The summed E-state index contributed by atoms with van der Waals surface area (Å²) in [4.78, 5) is 4.55. The van der Waals surface area contributed by atoms with E-state index in [0.29, 0.717) is 17.3 Å². The third kappa shape index (κ3) is 3.45. The summed E-state index contributed by atoms with van der Waals surface area (Å²) < 4.78 is 13.6. The van der Waals surface area contributed by atoms with Gasteiger partial charge in [0.1, 0.15) is 5.82 Å². The van der Waals surface area contributed by atoms with Crippen LogP contribution in [-0.2, 0) is 12.0 Å². The van der Waals surface area contributed by atoms with Crippen molar-refractivity contribution in [2.24, 2.45) is 0 Å². The Hall–Kier alpha value is -1.13. The molecule has 0 saturated carbocycles. The number of halogens is 2. The van der Waals surface area contributed by atoms with Crippen LogP contribution < -0.4 is 5.32 Å². The fourth-order valence-electron chi connectivity index (χ4n) is 1.58. The molecule has 2 aromatic rings. The third-order valence-electron chi connectivity index (χ3n) is 2.60. The van der Waals surface area contributed by atoms with Crippen LogP contribution >= 0.6 is 22.9 Å². The molecule has 0 amide bonds. The van der Waals surface area contributed by atoms with Crippen LogP contribution in [0.25, 0.3) is 0 Å². The van der Waals surface area contributed by atoms with Crippen LogP contribution in [0.5, 0.6) is 0 Å². The van der Waals surface area contributed by atoms with Crippen molar-refractivity contribution in [3.05, 3.63) is 45.1 Å². The molecule has 1 aromatic carbocycles. The number of nitrogens with zero attached hydrogens (tertiary/aromatic N) is 1. The van der Waals surface area contributed by atoms with Crippen LogP contribution in [-0.4, -0.2) is 4.98 Å². The van der Waals surface area contributed by atoms with Crippen molar-refractivity contribution in [1.29, 1.82) is 0 Å². The van der Waals surface area contributed by atoms with Gasteiger partial charge in [-0.05, 0) is 12.1 Å². The summed E-state index contributed by atoms with van der Waals surface area (Å²) in [6.45, 7) is 6.83. The van der Waals surface area contributed by atoms with Crippen molar-refractivity contribution >= 4 is 28.6 Å². The molecule has 19 heavy (non-hydrogen) atoms. The molecule has 1 N–H and O–H groups in total. The largest absolute Gasteiger partial charge is 0.376 e. The second kappa shape index (κ2) is 5.47. The summed E-state index contributed by atoms with van der Waals surface area (Å²) in [5.41, 5.74) is 1.27. The molecule has 0 aliphatic rings. The van der Waals surface area contributed by atoms with Crippen LogP contribution in [0.4, 0.5) is 10.1 Å². The summed E-state index contributed by atoms with van der Waals surface area (Å²) in [6, 6.07) is 4.63. The van der Waals surface area contributed by atoms with Crippen molar-refractivity contribution in [3.63, 3.8) is 0 Å².